The third-order valence-corrected chi connectivity index (χ3v) is 2.42. The van der Waals surface area contributed by atoms with E-state index in [9.17, 15) is 0 Å². The average Bonchev–Trinajstić information content (AvgIpc) is 2.26. The van der Waals surface area contributed by atoms with E-state index in [1.807, 2.05) is 0 Å². The maximum Gasteiger partial charge on any atom is 0.0624 e. The summed E-state index contributed by atoms with van der Waals surface area (Å²) in [6.07, 6.45) is 0. The molecule has 58 valence electrons. The van der Waals surface area contributed by atoms with Crippen molar-refractivity contribution in [1.29, 1.82) is 0 Å². The maximum absolute atomic E-state index is 5.29. The van der Waals surface area contributed by atoms with Gasteiger partial charge in [-0.05, 0) is 0 Å². The van der Waals surface area contributed by atoms with Crippen LogP contribution in [-0.4, -0.2) is 39.0 Å². The molecule has 1 N–H and O–H groups in total. The van der Waals surface area contributed by atoms with E-state index in [0.717, 1.165) is 25.7 Å². The lowest BCUT2D eigenvalue weighted by molar-refractivity contribution is 0.0790. The van der Waals surface area contributed by atoms with Gasteiger partial charge in [0.25, 0.3) is 0 Å². The van der Waals surface area contributed by atoms with Gasteiger partial charge in [0.05, 0.1) is 19.8 Å². The molecule has 2 rings (SSSR count). The molecule has 2 heterocycles. The van der Waals surface area contributed by atoms with Crippen molar-refractivity contribution in [1.82, 2.24) is 5.32 Å². The first-order chi connectivity index (χ1) is 4.92. The second-order valence-corrected chi connectivity index (χ2v) is 3.04. The first kappa shape index (κ1) is 6.58. The van der Waals surface area contributed by atoms with Crippen molar-refractivity contribution in [2.75, 3.05) is 26.9 Å². The van der Waals surface area contributed by atoms with Crippen molar-refractivity contribution in [2.24, 2.45) is 5.92 Å². The monoisotopic (exact) mass is 143 g/mol. The molecule has 2 fully saturated rings. The van der Waals surface area contributed by atoms with E-state index in [-0.39, 0.29) is 0 Å². The Kier molecular flexibility index (Phi) is 1.64. The molecule has 0 bridgehead atoms. The van der Waals surface area contributed by atoms with Crippen molar-refractivity contribution < 1.29 is 9.47 Å². The predicted molar refractivity (Wildman–Crippen MR) is 36.9 cm³/mol. The van der Waals surface area contributed by atoms with Crippen LogP contribution in [0.1, 0.15) is 0 Å². The molecule has 2 aliphatic rings. The quantitative estimate of drug-likeness (QED) is 0.571. The molecule has 3 atom stereocenters. The number of hydrogen-bond donors (Lipinski definition) is 1. The van der Waals surface area contributed by atoms with Crippen LogP contribution in [0.4, 0.5) is 0 Å². The van der Waals surface area contributed by atoms with E-state index in [1.54, 1.807) is 7.11 Å². The fourth-order valence-electron chi connectivity index (χ4n) is 1.77. The van der Waals surface area contributed by atoms with Crippen LogP contribution in [0.2, 0.25) is 0 Å². The second kappa shape index (κ2) is 2.49. The number of hydrogen-bond acceptors (Lipinski definition) is 3. The molecule has 2 saturated heterocycles. The standard InChI is InChI=1S/C7H13NO2/c1-9-3-6-5-2-10-4-7(5)8-6/h5-8H,2-4H2,1H3. The van der Waals surface area contributed by atoms with Crippen LogP contribution in [0.15, 0.2) is 0 Å². The zero-order valence-corrected chi connectivity index (χ0v) is 6.17. The highest BCUT2D eigenvalue weighted by atomic mass is 16.5. The Balaban J connectivity index is 1.83. The summed E-state index contributed by atoms with van der Waals surface area (Å²) in [5.74, 6) is 0.722. The highest BCUT2D eigenvalue weighted by molar-refractivity contribution is 5.00. The molecular formula is C7H13NO2. The third-order valence-electron chi connectivity index (χ3n) is 2.42. The lowest BCUT2D eigenvalue weighted by Gasteiger charge is -2.39. The van der Waals surface area contributed by atoms with Crippen molar-refractivity contribution >= 4 is 0 Å². The number of methoxy groups -OCH3 is 1. The van der Waals surface area contributed by atoms with Gasteiger partial charge in [-0.3, -0.25) is 0 Å². The van der Waals surface area contributed by atoms with Crippen LogP contribution < -0.4 is 5.32 Å². The lowest BCUT2D eigenvalue weighted by Crippen LogP contribution is -2.62. The van der Waals surface area contributed by atoms with E-state index in [1.165, 1.54) is 0 Å². The molecule has 3 unspecified atom stereocenters. The number of rotatable bonds is 2. The maximum atomic E-state index is 5.29. The smallest absolute Gasteiger partial charge is 0.0624 e. The predicted octanol–water partition coefficient (Wildman–Crippen LogP) is -0.380. The van der Waals surface area contributed by atoms with Crippen LogP contribution in [0.5, 0.6) is 0 Å². The highest BCUT2D eigenvalue weighted by Gasteiger charge is 2.43. The third kappa shape index (κ3) is 0.856. The second-order valence-electron chi connectivity index (χ2n) is 3.04. The molecule has 0 aromatic carbocycles. The molecule has 0 spiro atoms. The van der Waals surface area contributed by atoms with E-state index >= 15 is 0 Å². The number of ether oxygens (including phenoxy) is 2. The van der Waals surface area contributed by atoms with Crippen LogP contribution in [-0.2, 0) is 9.47 Å². The van der Waals surface area contributed by atoms with Gasteiger partial charge in [0, 0.05) is 25.1 Å². The SMILES string of the molecule is COCC1NC2COCC12. The summed E-state index contributed by atoms with van der Waals surface area (Å²) < 4.78 is 10.3. The molecule has 0 radical (unpaired) electrons. The zero-order chi connectivity index (χ0) is 6.97. The van der Waals surface area contributed by atoms with Gasteiger partial charge >= 0.3 is 0 Å². The Hall–Kier alpha value is -0.120. The normalized spacial score (nSPS) is 44.7. The minimum atomic E-state index is 0.553. The van der Waals surface area contributed by atoms with Crippen molar-refractivity contribution in [3.63, 3.8) is 0 Å². The molecule has 3 heteroatoms. The van der Waals surface area contributed by atoms with E-state index < -0.39 is 0 Å². The van der Waals surface area contributed by atoms with Crippen molar-refractivity contribution in [3.05, 3.63) is 0 Å². The largest absolute Gasteiger partial charge is 0.383 e. The van der Waals surface area contributed by atoms with E-state index in [0.29, 0.717) is 12.1 Å². The van der Waals surface area contributed by atoms with Gasteiger partial charge in [0.15, 0.2) is 0 Å². The molecule has 0 saturated carbocycles. The molecule has 10 heavy (non-hydrogen) atoms. The summed E-state index contributed by atoms with van der Waals surface area (Å²) in [5.41, 5.74) is 0. The summed E-state index contributed by atoms with van der Waals surface area (Å²) >= 11 is 0. The van der Waals surface area contributed by atoms with E-state index in [2.05, 4.69) is 5.32 Å². The average molecular weight is 143 g/mol. The Labute approximate surface area is 60.7 Å². The molecule has 0 aromatic rings. The summed E-state index contributed by atoms with van der Waals surface area (Å²) in [7, 11) is 1.74. The van der Waals surface area contributed by atoms with Gasteiger partial charge in [-0.25, -0.2) is 0 Å². The molecule has 0 aliphatic carbocycles. The highest BCUT2D eigenvalue weighted by Crippen LogP contribution is 2.26. The Morgan fingerprint density at radius 3 is 3.20 bits per heavy atom. The summed E-state index contributed by atoms with van der Waals surface area (Å²) in [6.45, 7) is 2.64. The number of nitrogens with one attached hydrogen (secondary N) is 1. The Morgan fingerprint density at radius 1 is 1.60 bits per heavy atom. The first-order valence-corrected chi connectivity index (χ1v) is 3.74. The van der Waals surface area contributed by atoms with E-state index in [4.69, 9.17) is 9.47 Å². The summed E-state index contributed by atoms with van der Waals surface area (Å²) in [6, 6.07) is 1.18. The van der Waals surface area contributed by atoms with Crippen molar-refractivity contribution in [3.8, 4) is 0 Å². The minimum Gasteiger partial charge on any atom is -0.383 e. The molecule has 2 aliphatic heterocycles. The Morgan fingerprint density at radius 2 is 2.50 bits per heavy atom. The minimum absolute atomic E-state index is 0.553. The fraction of sp³-hybridized carbons (Fsp3) is 1.00. The zero-order valence-electron chi connectivity index (χ0n) is 6.17. The van der Waals surface area contributed by atoms with Crippen molar-refractivity contribution in [2.45, 2.75) is 12.1 Å². The number of fused-ring (bicyclic) bond motifs is 1. The molecule has 0 aromatic heterocycles. The van der Waals surface area contributed by atoms with Gasteiger partial charge in [-0.1, -0.05) is 0 Å². The van der Waals surface area contributed by atoms with Gasteiger partial charge in [0.1, 0.15) is 0 Å². The summed E-state index contributed by atoms with van der Waals surface area (Å²) in [5, 5.41) is 3.39. The van der Waals surface area contributed by atoms with Gasteiger partial charge in [-0.15, -0.1) is 0 Å². The van der Waals surface area contributed by atoms with Crippen LogP contribution in [0, 0.1) is 5.92 Å². The lowest BCUT2D eigenvalue weighted by atomic mass is 9.86. The van der Waals surface area contributed by atoms with Crippen LogP contribution in [0.3, 0.4) is 0 Å². The molecular weight excluding hydrogens is 130 g/mol. The molecule has 3 nitrogen and oxygen atoms in total. The summed E-state index contributed by atoms with van der Waals surface area (Å²) in [4.78, 5) is 0. The van der Waals surface area contributed by atoms with Crippen LogP contribution in [0.25, 0.3) is 0 Å². The van der Waals surface area contributed by atoms with Crippen LogP contribution >= 0.6 is 0 Å². The van der Waals surface area contributed by atoms with Gasteiger partial charge in [0.2, 0.25) is 0 Å². The first-order valence-electron chi connectivity index (χ1n) is 3.74. The molecule has 0 amide bonds. The van der Waals surface area contributed by atoms with Gasteiger partial charge in [-0.2, -0.15) is 0 Å². The fourth-order valence-corrected chi connectivity index (χ4v) is 1.77. The topological polar surface area (TPSA) is 30.5 Å². The Bertz CT molecular complexity index is 129. The van der Waals surface area contributed by atoms with Gasteiger partial charge < -0.3 is 14.8 Å².